The summed E-state index contributed by atoms with van der Waals surface area (Å²) in [6.45, 7) is 3.72. The molecule has 1 aromatic heterocycles. The topological polar surface area (TPSA) is 144 Å². The average Bonchev–Trinajstić information content (AvgIpc) is 2.70. The van der Waals surface area contributed by atoms with Crippen molar-refractivity contribution in [3.05, 3.63) is 47.4 Å². The van der Waals surface area contributed by atoms with Crippen LogP contribution >= 0.6 is 0 Å². The molecule has 0 aliphatic rings. The van der Waals surface area contributed by atoms with Crippen molar-refractivity contribution >= 4 is 22.0 Å². The molecule has 2 atom stereocenters. The van der Waals surface area contributed by atoms with Crippen LogP contribution in [0, 0.1) is 5.82 Å². The smallest absolute Gasteiger partial charge is 0.239 e. The first kappa shape index (κ1) is 26.8. The zero-order valence-corrected chi connectivity index (χ0v) is 19.7. The molecule has 1 unspecified atom stereocenters. The number of rotatable bonds is 10. The van der Waals surface area contributed by atoms with Gasteiger partial charge in [-0.05, 0) is 30.2 Å². The van der Waals surface area contributed by atoms with Crippen LogP contribution in [0.15, 0.2) is 30.3 Å². The number of hydrogen-bond acceptors (Lipinski definition) is 8. The fourth-order valence-corrected chi connectivity index (χ4v) is 3.48. The molecule has 33 heavy (non-hydrogen) atoms. The Bertz CT molecular complexity index is 1070. The summed E-state index contributed by atoms with van der Waals surface area (Å²) in [5, 5.41) is 38.0. The van der Waals surface area contributed by atoms with Crippen molar-refractivity contribution in [1.29, 1.82) is 0 Å². The van der Waals surface area contributed by atoms with Crippen molar-refractivity contribution in [1.82, 2.24) is 9.97 Å². The minimum atomic E-state index is -3.64. The van der Waals surface area contributed by atoms with Crippen LogP contribution in [0.5, 0.6) is 0 Å². The molecule has 0 aliphatic heterocycles. The number of aliphatic hydroxyl groups is 4. The molecule has 0 fully saturated rings. The minimum absolute atomic E-state index is 0.0504. The molecule has 0 amide bonds. The van der Waals surface area contributed by atoms with Gasteiger partial charge in [0.1, 0.15) is 5.82 Å². The number of hydrogen-bond donors (Lipinski definition) is 4. The van der Waals surface area contributed by atoms with Gasteiger partial charge in [-0.25, -0.2) is 27.1 Å². The van der Waals surface area contributed by atoms with Crippen molar-refractivity contribution in [2.24, 2.45) is 0 Å². The molecular formula is C22H30FN3O6S. The SMILES string of the molecule is CC(C)c1nc(N(C)S(C)(=O)=O)nc(-c2ccc(F)cc2)c1/C=C/C(O)C[C@@H](O)CC(O)O. The summed E-state index contributed by atoms with van der Waals surface area (Å²) in [7, 11) is -2.31. The molecule has 1 aromatic carbocycles. The van der Waals surface area contributed by atoms with E-state index in [0.29, 0.717) is 22.5 Å². The van der Waals surface area contributed by atoms with E-state index in [1.165, 1.54) is 37.4 Å². The number of halogens is 1. The van der Waals surface area contributed by atoms with E-state index in [9.17, 15) is 23.0 Å². The summed E-state index contributed by atoms with van der Waals surface area (Å²) in [6.07, 6.45) is -0.379. The van der Waals surface area contributed by atoms with E-state index in [1.54, 1.807) is 6.08 Å². The molecule has 0 saturated carbocycles. The number of sulfonamides is 1. The highest BCUT2D eigenvalue weighted by Gasteiger charge is 2.22. The summed E-state index contributed by atoms with van der Waals surface area (Å²) < 4.78 is 38.6. The zero-order valence-electron chi connectivity index (χ0n) is 18.9. The minimum Gasteiger partial charge on any atom is -0.393 e. The van der Waals surface area contributed by atoms with Gasteiger partial charge in [0.05, 0.1) is 29.9 Å². The zero-order chi connectivity index (χ0) is 24.9. The van der Waals surface area contributed by atoms with E-state index in [0.717, 1.165) is 10.6 Å². The third-order valence-electron chi connectivity index (χ3n) is 4.89. The standard InChI is InChI=1S/C22H30FN3O6S/c1-13(2)20-18(10-9-16(27)11-17(28)12-19(29)30)21(14-5-7-15(23)8-6-14)25-22(24-20)26(3)33(4,31)32/h5-10,13,16-17,19,27-30H,11-12H2,1-4H3/b10-9+/t16?,17-/m1/s1. The van der Waals surface area contributed by atoms with E-state index in [1.807, 2.05) is 13.8 Å². The fraction of sp³-hybridized carbons (Fsp3) is 0.455. The van der Waals surface area contributed by atoms with Crippen molar-refractivity contribution in [3.63, 3.8) is 0 Å². The third-order valence-corrected chi connectivity index (χ3v) is 6.05. The predicted octanol–water partition coefficient (Wildman–Crippen LogP) is 1.63. The van der Waals surface area contributed by atoms with E-state index in [-0.39, 0.29) is 24.7 Å². The van der Waals surface area contributed by atoms with Gasteiger partial charge < -0.3 is 20.4 Å². The highest BCUT2D eigenvalue weighted by atomic mass is 32.2. The Morgan fingerprint density at radius 3 is 2.18 bits per heavy atom. The third kappa shape index (κ3) is 7.54. The van der Waals surface area contributed by atoms with Gasteiger partial charge in [0.2, 0.25) is 16.0 Å². The number of benzene rings is 1. The highest BCUT2D eigenvalue weighted by Crippen LogP contribution is 2.31. The summed E-state index contributed by atoms with van der Waals surface area (Å²) in [4.78, 5) is 8.86. The fourth-order valence-electron chi connectivity index (χ4n) is 3.10. The Labute approximate surface area is 192 Å². The molecule has 9 nitrogen and oxygen atoms in total. The summed E-state index contributed by atoms with van der Waals surface area (Å²) >= 11 is 0. The van der Waals surface area contributed by atoms with Gasteiger partial charge in [-0.1, -0.05) is 26.0 Å². The molecule has 1 heterocycles. The maximum atomic E-state index is 13.5. The second-order valence-electron chi connectivity index (χ2n) is 8.10. The maximum absolute atomic E-state index is 13.5. The monoisotopic (exact) mass is 483 g/mol. The Morgan fingerprint density at radius 1 is 1.06 bits per heavy atom. The van der Waals surface area contributed by atoms with Crippen molar-refractivity contribution < 1.29 is 33.2 Å². The second-order valence-corrected chi connectivity index (χ2v) is 10.1. The average molecular weight is 484 g/mol. The van der Waals surface area contributed by atoms with Crippen LogP contribution in [-0.4, -0.2) is 70.6 Å². The quantitative estimate of drug-likeness (QED) is 0.373. The van der Waals surface area contributed by atoms with Crippen molar-refractivity contribution in [2.45, 2.75) is 51.1 Å². The molecule has 0 saturated heterocycles. The van der Waals surface area contributed by atoms with Crippen LogP contribution in [-0.2, 0) is 10.0 Å². The van der Waals surface area contributed by atoms with E-state index < -0.39 is 34.3 Å². The van der Waals surface area contributed by atoms with Gasteiger partial charge in [0.25, 0.3) is 0 Å². The Hall–Kier alpha value is -2.44. The van der Waals surface area contributed by atoms with Gasteiger partial charge >= 0.3 is 0 Å². The number of anilines is 1. The highest BCUT2D eigenvalue weighted by molar-refractivity contribution is 7.92. The van der Waals surface area contributed by atoms with Crippen LogP contribution in [0.1, 0.15) is 43.9 Å². The van der Waals surface area contributed by atoms with E-state index in [4.69, 9.17) is 10.2 Å². The van der Waals surface area contributed by atoms with Crippen molar-refractivity contribution in [3.8, 4) is 11.3 Å². The summed E-state index contributed by atoms with van der Waals surface area (Å²) in [5.74, 6) is -0.658. The van der Waals surface area contributed by atoms with Crippen LogP contribution in [0.4, 0.5) is 10.3 Å². The van der Waals surface area contributed by atoms with Gasteiger partial charge in [0.15, 0.2) is 6.29 Å². The van der Waals surface area contributed by atoms with Gasteiger partial charge in [-0.3, -0.25) is 0 Å². The first-order chi connectivity index (χ1) is 15.3. The lowest BCUT2D eigenvalue weighted by molar-refractivity contribution is -0.0739. The normalized spacial score (nSPS) is 14.3. The molecule has 2 aromatic rings. The van der Waals surface area contributed by atoms with Crippen LogP contribution < -0.4 is 4.31 Å². The summed E-state index contributed by atoms with van der Waals surface area (Å²) in [6, 6.07) is 5.52. The number of nitrogens with zero attached hydrogens (tertiary/aromatic N) is 3. The van der Waals surface area contributed by atoms with E-state index >= 15 is 0 Å². The number of aromatic nitrogens is 2. The van der Waals surface area contributed by atoms with Crippen LogP contribution in [0.25, 0.3) is 17.3 Å². The van der Waals surface area contributed by atoms with E-state index in [2.05, 4.69) is 9.97 Å². The predicted molar refractivity (Wildman–Crippen MR) is 123 cm³/mol. The lowest BCUT2D eigenvalue weighted by Gasteiger charge is -2.20. The first-order valence-electron chi connectivity index (χ1n) is 10.3. The van der Waals surface area contributed by atoms with Crippen LogP contribution in [0.2, 0.25) is 0 Å². The largest absolute Gasteiger partial charge is 0.393 e. The Balaban J connectivity index is 2.60. The lowest BCUT2D eigenvalue weighted by Crippen LogP contribution is -2.27. The maximum Gasteiger partial charge on any atom is 0.239 e. The second kappa shape index (κ2) is 11.1. The Morgan fingerprint density at radius 2 is 1.67 bits per heavy atom. The molecule has 0 aliphatic carbocycles. The molecule has 4 N–H and O–H groups in total. The lowest BCUT2D eigenvalue weighted by atomic mass is 9.97. The molecule has 0 spiro atoms. The van der Waals surface area contributed by atoms with Gasteiger partial charge in [-0.2, -0.15) is 0 Å². The molecular weight excluding hydrogens is 453 g/mol. The van der Waals surface area contributed by atoms with Crippen molar-refractivity contribution in [2.75, 3.05) is 17.6 Å². The number of aliphatic hydroxyl groups excluding tert-OH is 3. The van der Waals surface area contributed by atoms with Gasteiger partial charge in [-0.15, -0.1) is 0 Å². The molecule has 11 heteroatoms. The van der Waals surface area contributed by atoms with Crippen LogP contribution in [0.3, 0.4) is 0 Å². The molecule has 2 rings (SSSR count). The first-order valence-corrected chi connectivity index (χ1v) is 12.2. The molecule has 182 valence electrons. The molecule has 0 bridgehead atoms. The van der Waals surface area contributed by atoms with Gasteiger partial charge in [0, 0.05) is 31.0 Å². The summed E-state index contributed by atoms with van der Waals surface area (Å²) in [5.41, 5.74) is 1.86. The Kier molecular flexibility index (Phi) is 9.04. The molecule has 0 radical (unpaired) electrons.